The van der Waals surface area contributed by atoms with Crippen LogP contribution in [0.2, 0.25) is 0 Å². The summed E-state index contributed by atoms with van der Waals surface area (Å²) in [6.45, 7) is 14.8. The molecule has 0 radical (unpaired) electrons. The van der Waals surface area contributed by atoms with Gasteiger partial charge in [-0.2, -0.15) is 34.0 Å². The molecule has 8 aliphatic heterocycles. The number of esters is 1. The molecule has 0 saturated carbocycles. The van der Waals surface area contributed by atoms with E-state index in [9.17, 15) is 39.9 Å². The summed E-state index contributed by atoms with van der Waals surface area (Å²) in [6, 6.07) is 36.4. The Morgan fingerprint density at radius 2 is 0.899 bits per heavy atom. The smallest absolute Gasteiger partial charge is 0.408 e. The van der Waals surface area contributed by atoms with Crippen LogP contribution >= 0.6 is 93.1 Å². The molecule has 139 heavy (non-hydrogen) atoms. The van der Waals surface area contributed by atoms with E-state index in [1.54, 1.807) is 40.6 Å². The maximum atomic E-state index is 14.7. The fourth-order valence-electron chi connectivity index (χ4n) is 21.9. The Bertz CT molecular complexity index is 6010. The zero-order valence-corrected chi connectivity index (χ0v) is 84.4. The number of carboxylic acids is 1. The molecule has 8 aromatic rings. The lowest BCUT2D eigenvalue weighted by molar-refractivity contribution is -0.150. The van der Waals surface area contributed by atoms with E-state index < -0.39 is 87.2 Å². The van der Waals surface area contributed by atoms with Gasteiger partial charge in [-0.15, -0.1) is 0 Å². The molecule has 29 nitrogen and oxygen atoms in total. The average Bonchev–Trinajstić information content (AvgIpc) is 0.833. The van der Waals surface area contributed by atoms with Crippen molar-refractivity contribution in [2.24, 2.45) is 0 Å². The van der Waals surface area contributed by atoms with E-state index in [1.165, 1.54) is 68.0 Å². The molecule has 10 aliphatic rings. The van der Waals surface area contributed by atoms with E-state index in [1.807, 2.05) is 83.3 Å². The first-order valence-corrected chi connectivity index (χ1v) is 49.9. The number of hydrogen-bond acceptors (Lipinski definition) is 28. The van der Waals surface area contributed by atoms with Gasteiger partial charge >= 0.3 is 24.1 Å². The Morgan fingerprint density at radius 1 is 0.518 bits per heavy atom. The number of ether oxygens (including phenoxy) is 15. The molecule has 2 saturated heterocycles. The molecular weight excluding hydrogens is 1950 g/mol. The minimum Gasteiger partial charge on any atom is -0.493 e. The summed E-state index contributed by atoms with van der Waals surface area (Å²) in [4.78, 5) is 60.2. The molecule has 4 bridgehead atoms. The fraction of sp³-hybridized carbons (Fsp3) is 0.431. The summed E-state index contributed by atoms with van der Waals surface area (Å²) >= 11 is 37.3. The lowest BCUT2D eigenvalue weighted by atomic mass is 9.71. The van der Waals surface area contributed by atoms with Gasteiger partial charge in [0.2, 0.25) is 21.2 Å². The number of halogens is 6. The Labute approximate surface area is 845 Å². The molecular formula is C102H108Cl6N8O21S2. The number of carboxylic acid groups (broad SMARTS) is 1. The second kappa shape index (κ2) is 43.8. The highest BCUT2D eigenvalue weighted by molar-refractivity contribution is 7.99. The van der Waals surface area contributed by atoms with Crippen LogP contribution in [0.15, 0.2) is 135 Å². The van der Waals surface area contributed by atoms with Crippen LogP contribution in [0.3, 0.4) is 0 Å². The van der Waals surface area contributed by atoms with Crippen molar-refractivity contribution in [1.29, 1.82) is 10.5 Å². The number of likely N-dealkylation sites (N-methyl/N-ethyl adjacent to an activating group) is 2. The SMILES string of the molecule is C=CCOc1c(C)c2c(c3c1CC1[C@H]4c5c(cc(C)c(OC)c5OCOC)C[C@@H]([C@H](C#N)N1[C@H]3CO)N4C)OCO2.C=CCOc1c(C)c2c(c3c1CC1[C@H]4c5c(cc(C)c(OC)c5OCOC)C[C@@H]([C@H](C#N)N1[C@H]3COC(=O)[C@@H](CSCC1c3ccccc3-c3ccccc31)NC(=O)OCC(Cl)(Cl)Cl)N4C)OCO2.O=C(N[C@H](CSCC1c2ccccc2-c2ccccc21)C(=O)O)OCC(Cl)(Cl)Cl. The standard InChI is InChI=1S/C51H53Cl3N4O10S.C31H37N3O7.C20H18Cl3NO4S/c1-7-16-63-45-28(3)46-48(68-26-67-46)42-34(45)19-38-43-41-29(17-27(2)44(62-6)47(41)66-25-61-5)18-37(57(43)4)39(20-55)58(38)40(42)21-64-49(59)36(56-50(60)65-24-51(52,53)54)23-69-22-35-32-14-10-8-12-30(32)31-13-9-11-15-33(31)35;1-7-8-38-28-17(3)29-31(41-15-40-29)25-19(28)11-21-26-24-18(9-16(2)27(37-6)30(24)39-14-36-5)10-20(33(26)4)22(12-32)34(21)23(25)13-35;21-20(22,23)11-28-19(27)24-17(18(25)26)10-29-9-16-14-7-3-1-5-12(14)13-6-2-4-8-15(13)16/h7-15,17,35-40,43H,1,16,18-19,21-26H2,2-6H3,(H,56,60);7,9,20-23,26,35H,1,8,10-11,13-15H2,2-6H3;1-8,16-17H,9-11H2,(H,24,27)(H,25,26)/t36-,37+,38?,39+,40+,43+;20-,21?,22-,23-,26-;17-/m101/s1. The second-order valence-corrected chi connectivity index (χ2v) is 42.4. The molecule has 8 aromatic carbocycles. The van der Waals surface area contributed by atoms with E-state index in [2.05, 4.69) is 123 Å². The van der Waals surface area contributed by atoms with Gasteiger partial charge in [0.15, 0.2) is 59.6 Å². The number of nitrogens with zero attached hydrogens (tertiary/aromatic N) is 6. The number of nitriles is 2. The number of aliphatic hydroxyl groups excluding tert-OH is 1. The maximum absolute atomic E-state index is 14.7. The van der Waals surface area contributed by atoms with Gasteiger partial charge in [-0.25, -0.2) is 19.2 Å². The molecule has 2 aliphatic carbocycles. The number of aliphatic hydroxyl groups is 1. The number of methoxy groups -OCH3 is 4. The molecule has 18 rings (SSSR count). The number of amides is 2. The summed E-state index contributed by atoms with van der Waals surface area (Å²) in [6.07, 6.45) is 3.63. The number of nitrogens with one attached hydrogen (secondary N) is 2. The third-order valence-electron chi connectivity index (χ3n) is 27.3. The van der Waals surface area contributed by atoms with Gasteiger partial charge in [-0.05, 0) is 134 Å². The van der Waals surface area contributed by atoms with Gasteiger partial charge < -0.3 is 91.9 Å². The highest BCUT2D eigenvalue weighted by Gasteiger charge is 2.60. The number of carbonyl (C=O) groups excluding carboxylic acids is 3. The summed E-state index contributed by atoms with van der Waals surface area (Å²) in [5.74, 6) is 5.98. The van der Waals surface area contributed by atoms with E-state index >= 15 is 0 Å². The van der Waals surface area contributed by atoms with Crippen molar-refractivity contribution in [3.63, 3.8) is 0 Å². The summed E-state index contributed by atoms with van der Waals surface area (Å²) in [5.41, 5.74) is 20.5. The molecule has 8 heterocycles. The van der Waals surface area contributed by atoms with Crippen molar-refractivity contribution in [2.45, 2.75) is 145 Å². The van der Waals surface area contributed by atoms with Crippen LogP contribution in [0.5, 0.6) is 57.5 Å². The number of carbonyl (C=O) groups is 4. The Hall–Kier alpha value is -10.1. The highest BCUT2D eigenvalue weighted by atomic mass is 35.6. The van der Waals surface area contributed by atoms with E-state index in [0.717, 1.165) is 61.2 Å². The van der Waals surface area contributed by atoms with Crippen LogP contribution in [0, 0.1) is 50.4 Å². The zero-order valence-electron chi connectivity index (χ0n) is 78.2. The first-order chi connectivity index (χ1) is 67.0. The number of alkyl carbamates (subject to hydrolysis) is 2. The Morgan fingerprint density at radius 3 is 1.27 bits per heavy atom. The molecule has 12 atom stereocenters. The lowest BCUT2D eigenvalue weighted by Gasteiger charge is -2.60. The van der Waals surface area contributed by atoms with Crippen LogP contribution in [0.1, 0.15) is 125 Å². The molecule has 2 amide bonds. The minimum atomic E-state index is -1.88. The highest BCUT2D eigenvalue weighted by Crippen LogP contribution is 2.62. The number of hydrogen-bond donors (Lipinski definition) is 4. The molecule has 736 valence electrons. The van der Waals surface area contributed by atoms with Crippen molar-refractivity contribution in [1.82, 2.24) is 30.2 Å². The van der Waals surface area contributed by atoms with Crippen molar-refractivity contribution in [3.8, 4) is 91.9 Å². The number of aliphatic carboxylic acids is 1. The number of alkyl halides is 6. The quantitative estimate of drug-likeness (QED) is 0.0103. The second-order valence-electron chi connectivity index (χ2n) is 35.2. The monoisotopic (exact) mass is 2050 g/mol. The van der Waals surface area contributed by atoms with Crippen LogP contribution in [0.25, 0.3) is 22.3 Å². The van der Waals surface area contributed by atoms with Gasteiger partial charge in [0.05, 0.1) is 57.1 Å². The van der Waals surface area contributed by atoms with E-state index in [0.29, 0.717) is 107 Å². The number of piperazine rings is 2. The first kappa shape index (κ1) is 102. The number of aryl methyl sites for hydroxylation is 2. The van der Waals surface area contributed by atoms with E-state index in [-0.39, 0.29) is 101 Å². The molecule has 2 fully saturated rings. The molecule has 0 aromatic heterocycles. The van der Waals surface area contributed by atoms with Crippen LogP contribution in [0.4, 0.5) is 9.59 Å². The number of thioether (sulfide) groups is 2. The summed E-state index contributed by atoms with van der Waals surface area (Å²) < 4.78 is 85.0. The Balaban J connectivity index is 0.000000168. The molecule has 0 spiro atoms. The normalized spacial score (nSPS) is 21.2. The van der Waals surface area contributed by atoms with Crippen molar-refractivity contribution in [3.05, 3.63) is 224 Å². The third-order valence-corrected chi connectivity index (χ3v) is 30.3. The minimum absolute atomic E-state index is 0.0162. The molecule has 4 N–H and O–H groups in total. The number of fused-ring (bicyclic) bond motifs is 24. The van der Waals surface area contributed by atoms with E-state index in [4.69, 9.17) is 141 Å². The zero-order chi connectivity index (χ0) is 98.7. The van der Waals surface area contributed by atoms with Gasteiger partial charge in [0, 0.05) is 118 Å². The Kier molecular flexibility index (Phi) is 32.0. The molecule has 2 unspecified atom stereocenters. The predicted molar refractivity (Wildman–Crippen MR) is 530 cm³/mol. The van der Waals surface area contributed by atoms with Gasteiger partial charge in [-0.3, -0.25) is 19.6 Å². The van der Waals surface area contributed by atoms with Crippen LogP contribution in [-0.2, 0) is 59.0 Å². The first-order valence-electron chi connectivity index (χ1n) is 45.3. The van der Waals surface area contributed by atoms with Gasteiger partial charge in [0.25, 0.3) is 0 Å². The van der Waals surface area contributed by atoms with Crippen molar-refractivity contribution < 1.29 is 100 Å². The summed E-state index contributed by atoms with van der Waals surface area (Å²) in [5, 5.41) is 47.3. The molecule has 37 heteroatoms. The van der Waals surface area contributed by atoms with Crippen LogP contribution < -0.4 is 58.0 Å². The topological polar surface area (TPSA) is 332 Å². The predicted octanol–water partition coefficient (Wildman–Crippen LogP) is 17.3. The average molecular weight is 2060 g/mol. The van der Waals surface area contributed by atoms with Crippen molar-refractivity contribution in [2.75, 3.05) is 132 Å². The van der Waals surface area contributed by atoms with Gasteiger partial charge in [-0.1, -0.05) is 204 Å². The largest absolute Gasteiger partial charge is 0.493 e. The van der Waals surface area contributed by atoms with Gasteiger partial charge in [0.1, 0.15) is 68.7 Å². The lowest BCUT2D eigenvalue weighted by Crippen LogP contribution is -2.68. The summed E-state index contributed by atoms with van der Waals surface area (Å²) in [7, 11) is 10.5. The maximum Gasteiger partial charge on any atom is 0.408 e. The van der Waals surface area contributed by atoms with Crippen LogP contribution in [-0.4, -0.2) is 242 Å². The number of rotatable bonds is 31. The third kappa shape index (κ3) is 20.2. The number of benzene rings is 8. The fourth-order valence-corrected chi connectivity index (χ4v) is 24.6. The van der Waals surface area contributed by atoms with Crippen molar-refractivity contribution >= 4 is 117 Å².